The minimum absolute atomic E-state index is 0.0483. The zero-order chi connectivity index (χ0) is 14.4. The number of hydrogen-bond acceptors (Lipinski definition) is 4. The van der Waals surface area contributed by atoms with Crippen molar-refractivity contribution in [2.75, 3.05) is 0 Å². The Labute approximate surface area is 118 Å². The summed E-state index contributed by atoms with van der Waals surface area (Å²) in [7, 11) is 0. The Balaban J connectivity index is 2.04. The van der Waals surface area contributed by atoms with E-state index in [1.165, 1.54) is 0 Å². The summed E-state index contributed by atoms with van der Waals surface area (Å²) in [6, 6.07) is 3.80. The summed E-state index contributed by atoms with van der Waals surface area (Å²) in [4.78, 5) is 24.3. The standard InChI is InChI=1S/C15H18N4O/c1-11(2)15(12-4-3-5-16-9-12)19-14(20)8-13-10-17-6-7-18-13/h3-7,9-11,15H,8H2,1-2H3,(H,19,20). The molecule has 0 fully saturated rings. The maximum Gasteiger partial charge on any atom is 0.226 e. The normalized spacial score (nSPS) is 12.2. The van der Waals surface area contributed by atoms with Crippen molar-refractivity contribution in [3.8, 4) is 0 Å². The number of hydrogen-bond donors (Lipinski definition) is 1. The third-order valence-corrected chi connectivity index (χ3v) is 2.99. The van der Waals surface area contributed by atoms with Crippen LogP contribution in [-0.4, -0.2) is 20.9 Å². The third kappa shape index (κ3) is 3.85. The van der Waals surface area contributed by atoms with E-state index in [0.29, 0.717) is 5.69 Å². The molecule has 0 saturated carbocycles. The SMILES string of the molecule is CC(C)C(NC(=O)Cc1cnccn1)c1cccnc1. The molecule has 0 spiro atoms. The summed E-state index contributed by atoms with van der Waals surface area (Å²) in [5.41, 5.74) is 1.67. The maximum absolute atomic E-state index is 12.1. The van der Waals surface area contributed by atoms with Crippen LogP contribution in [0.5, 0.6) is 0 Å². The van der Waals surface area contributed by atoms with Gasteiger partial charge in [0.2, 0.25) is 5.91 Å². The van der Waals surface area contributed by atoms with Gasteiger partial charge in [-0.25, -0.2) is 0 Å². The van der Waals surface area contributed by atoms with E-state index in [-0.39, 0.29) is 24.3 Å². The summed E-state index contributed by atoms with van der Waals surface area (Å²) in [6.45, 7) is 4.14. The first kappa shape index (κ1) is 14.1. The van der Waals surface area contributed by atoms with Gasteiger partial charge in [0.05, 0.1) is 18.2 Å². The second kappa shape index (κ2) is 6.75. The minimum atomic E-state index is -0.0620. The Kier molecular flexibility index (Phi) is 4.76. The number of carbonyl (C=O) groups is 1. The Bertz CT molecular complexity index is 542. The van der Waals surface area contributed by atoms with Gasteiger partial charge < -0.3 is 5.32 Å². The van der Waals surface area contributed by atoms with Crippen LogP contribution in [0.1, 0.15) is 31.1 Å². The van der Waals surface area contributed by atoms with Gasteiger partial charge in [0.25, 0.3) is 0 Å². The van der Waals surface area contributed by atoms with Gasteiger partial charge in [-0.15, -0.1) is 0 Å². The van der Waals surface area contributed by atoms with Gasteiger partial charge in [0.15, 0.2) is 0 Å². The summed E-state index contributed by atoms with van der Waals surface area (Å²) in [6.07, 6.45) is 8.53. The summed E-state index contributed by atoms with van der Waals surface area (Å²) >= 11 is 0. The van der Waals surface area contributed by atoms with Crippen LogP contribution in [0, 0.1) is 5.92 Å². The highest BCUT2D eigenvalue weighted by Gasteiger charge is 2.18. The van der Waals surface area contributed by atoms with E-state index in [9.17, 15) is 4.79 Å². The lowest BCUT2D eigenvalue weighted by Crippen LogP contribution is -2.33. The molecular weight excluding hydrogens is 252 g/mol. The fourth-order valence-corrected chi connectivity index (χ4v) is 2.01. The van der Waals surface area contributed by atoms with Crippen LogP contribution in [0.25, 0.3) is 0 Å². The molecule has 2 rings (SSSR count). The fourth-order valence-electron chi connectivity index (χ4n) is 2.01. The zero-order valence-electron chi connectivity index (χ0n) is 11.7. The second-order valence-electron chi connectivity index (χ2n) is 4.95. The maximum atomic E-state index is 12.1. The van der Waals surface area contributed by atoms with Gasteiger partial charge in [-0.05, 0) is 17.5 Å². The third-order valence-electron chi connectivity index (χ3n) is 2.99. The largest absolute Gasteiger partial charge is 0.349 e. The van der Waals surface area contributed by atoms with Crippen molar-refractivity contribution in [2.45, 2.75) is 26.3 Å². The molecule has 5 nitrogen and oxygen atoms in total. The summed E-state index contributed by atoms with van der Waals surface area (Å²) in [5.74, 6) is 0.220. The van der Waals surface area contributed by atoms with E-state index < -0.39 is 0 Å². The molecule has 1 N–H and O–H groups in total. The highest BCUT2D eigenvalue weighted by Crippen LogP contribution is 2.20. The molecule has 2 aromatic rings. The van der Waals surface area contributed by atoms with E-state index in [0.717, 1.165) is 5.56 Å². The molecule has 1 atom stereocenters. The van der Waals surface area contributed by atoms with Gasteiger partial charge >= 0.3 is 0 Å². The first-order chi connectivity index (χ1) is 9.66. The fraction of sp³-hybridized carbons (Fsp3) is 0.333. The Hall–Kier alpha value is -2.30. The topological polar surface area (TPSA) is 67.8 Å². The van der Waals surface area contributed by atoms with Gasteiger partial charge in [0.1, 0.15) is 0 Å². The van der Waals surface area contributed by atoms with Crippen LogP contribution >= 0.6 is 0 Å². The van der Waals surface area contributed by atoms with Gasteiger partial charge in [0, 0.05) is 31.0 Å². The van der Waals surface area contributed by atoms with Crippen molar-refractivity contribution in [2.24, 2.45) is 5.92 Å². The predicted octanol–water partition coefficient (Wildman–Crippen LogP) is 1.93. The van der Waals surface area contributed by atoms with Crippen LogP contribution in [0.3, 0.4) is 0 Å². The summed E-state index contributed by atoms with van der Waals surface area (Å²) < 4.78 is 0. The van der Waals surface area contributed by atoms with Crippen molar-refractivity contribution in [3.63, 3.8) is 0 Å². The van der Waals surface area contributed by atoms with Crippen LogP contribution in [0.4, 0.5) is 0 Å². The molecule has 1 amide bonds. The predicted molar refractivity (Wildman–Crippen MR) is 75.7 cm³/mol. The molecule has 5 heteroatoms. The molecule has 0 aliphatic rings. The molecule has 0 radical (unpaired) electrons. The highest BCUT2D eigenvalue weighted by molar-refractivity contribution is 5.78. The molecule has 2 heterocycles. The van der Waals surface area contributed by atoms with E-state index in [2.05, 4.69) is 34.1 Å². The monoisotopic (exact) mass is 270 g/mol. The Morgan fingerprint density at radius 3 is 2.60 bits per heavy atom. The number of pyridine rings is 1. The first-order valence-corrected chi connectivity index (χ1v) is 6.61. The summed E-state index contributed by atoms with van der Waals surface area (Å²) in [5, 5.41) is 3.03. The lowest BCUT2D eigenvalue weighted by molar-refractivity contribution is -0.121. The van der Waals surface area contributed by atoms with E-state index in [1.807, 2.05) is 12.1 Å². The molecule has 1 unspecified atom stereocenters. The molecule has 0 aliphatic carbocycles. The molecule has 104 valence electrons. The van der Waals surface area contributed by atoms with Gasteiger partial charge in [-0.2, -0.15) is 0 Å². The molecule has 0 bridgehead atoms. The van der Waals surface area contributed by atoms with Crippen molar-refractivity contribution in [3.05, 3.63) is 54.4 Å². The zero-order valence-corrected chi connectivity index (χ0v) is 11.7. The molecule has 0 aromatic carbocycles. The lowest BCUT2D eigenvalue weighted by atomic mass is 9.97. The smallest absolute Gasteiger partial charge is 0.226 e. The number of aromatic nitrogens is 3. The molecule has 0 saturated heterocycles. The van der Waals surface area contributed by atoms with Gasteiger partial charge in [-0.3, -0.25) is 19.7 Å². The van der Waals surface area contributed by atoms with Crippen molar-refractivity contribution in [1.29, 1.82) is 0 Å². The molecule has 0 aliphatic heterocycles. The second-order valence-corrected chi connectivity index (χ2v) is 4.95. The van der Waals surface area contributed by atoms with Crippen LogP contribution < -0.4 is 5.32 Å². The Morgan fingerprint density at radius 1 is 1.20 bits per heavy atom. The van der Waals surface area contributed by atoms with Gasteiger partial charge in [-0.1, -0.05) is 19.9 Å². The van der Waals surface area contributed by atoms with E-state index in [4.69, 9.17) is 0 Å². The van der Waals surface area contributed by atoms with E-state index in [1.54, 1.807) is 31.0 Å². The van der Waals surface area contributed by atoms with Crippen molar-refractivity contribution >= 4 is 5.91 Å². The minimum Gasteiger partial charge on any atom is -0.349 e. The quantitative estimate of drug-likeness (QED) is 0.901. The van der Waals surface area contributed by atoms with Crippen molar-refractivity contribution < 1.29 is 4.79 Å². The average molecular weight is 270 g/mol. The number of amides is 1. The van der Waals surface area contributed by atoms with Crippen LogP contribution in [-0.2, 0) is 11.2 Å². The number of nitrogens with zero attached hydrogens (tertiary/aromatic N) is 3. The average Bonchev–Trinajstić information content (AvgIpc) is 2.46. The van der Waals surface area contributed by atoms with Crippen LogP contribution in [0.15, 0.2) is 43.1 Å². The molecule has 20 heavy (non-hydrogen) atoms. The lowest BCUT2D eigenvalue weighted by Gasteiger charge is -2.22. The molecular formula is C15H18N4O. The first-order valence-electron chi connectivity index (χ1n) is 6.61. The number of rotatable bonds is 5. The molecule has 2 aromatic heterocycles. The van der Waals surface area contributed by atoms with E-state index >= 15 is 0 Å². The number of nitrogens with one attached hydrogen (secondary N) is 1. The number of carbonyl (C=O) groups excluding carboxylic acids is 1. The van der Waals surface area contributed by atoms with Crippen molar-refractivity contribution in [1.82, 2.24) is 20.3 Å². The Morgan fingerprint density at radius 2 is 2.00 bits per heavy atom. The van der Waals surface area contributed by atoms with Crippen LogP contribution in [0.2, 0.25) is 0 Å². The highest BCUT2D eigenvalue weighted by atomic mass is 16.1.